The summed E-state index contributed by atoms with van der Waals surface area (Å²) in [6.45, 7) is 3.21. The number of carbonyl (C=O) groups is 1. The number of nitriles is 1. The van der Waals surface area contributed by atoms with E-state index in [9.17, 15) is 4.79 Å². The van der Waals surface area contributed by atoms with E-state index in [4.69, 9.17) is 10.00 Å². The lowest BCUT2D eigenvalue weighted by atomic mass is 10.1. The number of aromatic nitrogens is 1. The van der Waals surface area contributed by atoms with E-state index in [1.165, 1.54) is 11.3 Å². The normalized spacial score (nSPS) is 11.6. The molecule has 0 saturated heterocycles. The smallest absolute Gasteiger partial charge is 0.279 e. The third-order valence-electron chi connectivity index (χ3n) is 3.88. The van der Waals surface area contributed by atoms with Gasteiger partial charge in [0, 0.05) is 19.2 Å². The van der Waals surface area contributed by atoms with Gasteiger partial charge >= 0.3 is 0 Å². The van der Waals surface area contributed by atoms with Gasteiger partial charge in [0.2, 0.25) is 0 Å². The van der Waals surface area contributed by atoms with Crippen LogP contribution < -0.4 is 4.80 Å². The lowest BCUT2D eigenvalue weighted by Crippen LogP contribution is -2.19. The second kappa shape index (κ2) is 7.43. The molecule has 0 unspecified atom stereocenters. The van der Waals surface area contributed by atoms with E-state index in [1.54, 1.807) is 31.4 Å². The van der Waals surface area contributed by atoms with Crippen molar-refractivity contribution < 1.29 is 9.53 Å². The van der Waals surface area contributed by atoms with Crippen LogP contribution in [0.5, 0.6) is 0 Å². The van der Waals surface area contributed by atoms with Crippen molar-refractivity contribution >= 4 is 27.5 Å². The molecular formula is C19H17N3O2S. The molecule has 0 N–H and O–H groups in total. The number of para-hydroxylation sites is 1. The van der Waals surface area contributed by atoms with Crippen molar-refractivity contribution in [2.75, 3.05) is 13.7 Å². The van der Waals surface area contributed by atoms with Gasteiger partial charge in [-0.2, -0.15) is 10.3 Å². The molecule has 1 heterocycles. The molecule has 5 nitrogen and oxygen atoms in total. The van der Waals surface area contributed by atoms with Gasteiger partial charge in [-0.1, -0.05) is 23.5 Å². The Labute approximate surface area is 149 Å². The van der Waals surface area contributed by atoms with Crippen molar-refractivity contribution in [3.63, 3.8) is 0 Å². The molecule has 1 amide bonds. The Hall–Kier alpha value is -2.75. The predicted molar refractivity (Wildman–Crippen MR) is 97.5 cm³/mol. The van der Waals surface area contributed by atoms with E-state index < -0.39 is 0 Å². The van der Waals surface area contributed by atoms with Crippen molar-refractivity contribution in [2.24, 2.45) is 4.99 Å². The minimum absolute atomic E-state index is 0.320. The van der Waals surface area contributed by atoms with Gasteiger partial charge in [-0.3, -0.25) is 4.79 Å². The van der Waals surface area contributed by atoms with Gasteiger partial charge in [-0.15, -0.1) is 0 Å². The molecule has 0 atom stereocenters. The zero-order chi connectivity index (χ0) is 17.8. The molecular weight excluding hydrogens is 334 g/mol. The first kappa shape index (κ1) is 17.1. The summed E-state index contributed by atoms with van der Waals surface area (Å²) in [5, 5.41) is 8.86. The van der Waals surface area contributed by atoms with Crippen LogP contribution in [0.1, 0.15) is 21.5 Å². The molecule has 126 valence electrons. The topological polar surface area (TPSA) is 67.4 Å². The largest absolute Gasteiger partial charge is 0.383 e. The van der Waals surface area contributed by atoms with Gasteiger partial charge in [-0.05, 0) is 42.8 Å². The highest BCUT2D eigenvalue weighted by atomic mass is 32.1. The molecule has 0 bridgehead atoms. The molecule has 0 aliphatic heterocycles. The first-order valence-electron chi connectivity index (χ1n) is 7.81. The molecule has 25 heavy (non-hydrogen) atoms. The van der Waals surface area contributed by atoms with Crippen LogP contribution in [0.25, 0.3) is 10.2 Å². The Kier molecular flexibility index (Phi) is 5.08. The number of methoxy groups -OCH3 is 1. The van der Waals surface area contributed by atoms with Crippen molar-refractivity contribution in [2.45, 2.75) is 13.5 Å². The minimum atomic E-state index is -0.320. The summed E-state index contributed by atoms with van der Waals surface area (Å²) in [6.07, 6.45) is 0. The second-order valence-corrected chi connectivity index (χ2v) is 6.57. The van der Waals surface area contributed by atoms with E-state index >= 15 is 0 Å². The van der Waals surface area contributed by atoms with Gasteiger partial charge in [-0.25, -0.2) is 0 Å². The summed E-state index contributed by atoms with van der Waals surface area (Å²) >= 11 is 1.49. The average Bonchev–Trinajstić information content (AvgIpc) is 2.98. The number of rotatable bonds is 4. The number of ether oxygens (including phenoxy) is 1. The Balaban J connectivity index is 2.09. The van der Waals surface area contributed by atoms with Crippen molar-refractivity contribution in [3.8, 4) is 6.07 Å². The molecule has 3 rings (SSSR count). The lowest BCUT2D eigenvalue weighted by Gasteiger charge is -2.06. The monoisotopic (exact) mass is 351 g/mol. The molecule has 0 fully saturated rings. The molecule has 3 aromatic rings. The van der Waals surface area contributed by atoms with Crippen LogP contribution in [-0.2, 0) is 11.3 Å². The fraction of sp³-hybridized carbons (Fsp3) is 0.211. The van der Waals surface area contributed by atoms with Crippen LogP contribution >= 0.6 is 11.3 Å². The van der Waals surface area contributed by atoms with E-state index in [0.717, 1.165) is 15.8 Å². The summed E-state index contributed by atoms with van der Waals surface area (Å²) in [5.41, 5.74) is 3.20. The van der Waals surface area contributed by atoms with E-state index in [1.807, 2.05) is 35.8 Å². The van der Waals surface area contributed by atoms with Crippen molar-refractivity contribution in [3.05, 3.63) is 64.0 Å². The summed E-state index contributed by atoms with van der Waals surface area (Å²) in [4.78, 5) is 17.5. The molecule has 0 aliphatic carbocycles. The number of aryl methyl sites for hydroxylation is 1. The molecule has 6 heteroatoms. The Morgan fingerprint density at radius 1 is 1.28 bits per heavy atom. The summed E-state index contributed by atoms with van der Waals surface area (Å²) in [7, 11) is 1.65. The van der Waals surface area contributed by atoms with E-state index in [0.29, 0.717) is 29.1 Å². The molecule has 2 aromatic carbocycles. The third-order valence-corrected chi connectivity index (χ3v) is 4.92. The number of hydrogen-bond acceptors (Lipinski definition) is 4. The van der Waals surface area contributed by atoms with E-state index in [2.05, 4.69) is 4.99 Å². The molecule has 0 aliphatic rings. The number of benzene rings is 2. The number of amides is 1. The van der Waals surface area contributed by atoms with Crippen LogP contribution in [-0.4, -0.2) is 24.2 Å². The number of fused-ring (bicyclic) bond motifs is 1. The van der Waals surface area contributed by atoms with Gasteiger partial charge in [0.05, 0.1) is 28.5 Å². The van der Waals surface area contributed by atoms with E-state index in [-0.39, 0.29) is 5.91 Å². The maximum absolute atomic E-state index is 12.5. The van der Waals surface area contributed by atoms with Gasteiger partial charge in [0.15, 0.2) is 4.80 Å². The highest BCUT2D eigenvalue weighted by molar-refractivity contribution is 7.16. The first-order valence-corrected chi connectivity index (χ1v) is 8.63. The number of hydrogen-bond donors (Lipinski definition) is 0. The zero-order valence-corrected chi connectivity index (χ0v) is 14.8. The minimum Gasteiger partial charge on any atom is -0.383 e. The summed E-state index contributed by atoms with van der Waals surface area (Å²) in [6, 6.07) is 14.6. The number of thiazole rings is 1. The standard InChI is InChI=1S/C19H17N3O2S/c1-13-4-3-5-16-17(13)22(10-11-24-2)19(25-16)21-18(23)15-8-6-14(12-20)7-9-15/h3-9H,10-11H2,1-2H3. The Bertz CT molecular complexity index is 1020. The van der Waals surface area contributed by atoms with Crippen LogP contribution in [0.15, 0.2) is 47.5 Å². The fourth-order valence-electron chi connectivity index (χ4n) is 2.62. The zero-order valence-electron chi connectivity index (χ0n) is 14.0. The van der Waals surface area contributed by atoms with Crippen molar-refractivity contribution in [1.82, 2.24) is 4.57 Å². The maximum Gasteiger partial charge on any atom is 0.279 e. The van der Waals surface area contributed by atoms with Crippen LogP contribution in [0.3, 0.4) is 0 Å². The van der Waals surface area contributed by atoms with Crippen LogP contribution in [0.4, 0.5) is 0 Å². The third kappa shape index (κ3) is 3.53. The second-order valence-electron chi connectivity index (χ2n) is 5.56. The fourth-order valence-corrected chi connectivity index (χ4v) is 3.75. The number of carbonyl (C=O) groups excluding carboxylic acids is 1. The van der Waals surface area contributed by atoms with Crippen LogP contribution in [0, 0.1) is 18.3 Å². The van der Waals surface area contributed by atoms with Crippen LogP contribution in [0.2, 0.25) is 0 Å². The summed E-state index contributed by atoms with van der Waals surface area (Å²) < 4.78 is 8.31. The SMILES string of the molecule is COCCn1c(=NC(=O)c2ccc(C#N)cc2)sc2cccc(C)c21. The molecule has 0 spiro atoms. The quantitative estimate of drug-likeness (QED) is 0.724. The van der Waals surface area contributed by atoms with Gasteiger partial charge in [0.1, 0.15) is 0 Å². The Morgan fingerprint density at radius 2 is 2.04 bits per heavy atom. The maximum atomic E-state index is 12.5. The average molecular weight is 351 g/mol. The lowest BCUT2D eigenvalue weighted by molar-refractivity contribution is 0.0997. The summed E-state index contributed by atoms with van der Waals surface area (Å²) in [5.74, 6) is -0.320. The highest BCUT2D eigenvalue weighted by Crippen LogP contribution is 2.21. The number of nitrogens with zero attached hydrogens (tertiary/aromatic N) is 3. The van der Waals surface area contributed by atoms with Gasteiger partial charge in [0.25, 0.3) is 5.91 Å². The first-order chi connectivity index (χ1) is 12.1. The predicted octanol–water partition coefficient (Wildman–Crippen LogP) is 3.27. The van der Waals surface area contributed by atoms with Crippen molar-refractivity contribution in [1.29, 1.82) is 5.26 Å². The molecule has 0 saturated carbocycles. The highest BCUT2D eigenvalue weighted by Gasteiger charge is 2.11. The molecule has 0 radical (unpaired) electrons. The Morgan fingerprint density at radius 3 is 2.72 bits per heavy atom. The molecule has 1 aromatic heterocycles. The van der Waals surface area contributed by atoms with Gasteiger partial charge < -0.3 is 9.30 Å².